The molecule has 5 unspecified atom stereocenters. The Morgan fingerprint density at radius 2 is 1.79 bits per heavy atom. The zero-order valence-corrected chi connectivity index (χ0v) is 30.5. The minimum absolute atomic E-state index is 0.141. The summed E-state index contributed by atoms with van der Waals surface area (Å²) in [5.41, 5.74) is 5.27. The number of hydrogen-bond acceptors (Lipinski definition) is 10. The number of rotatable bonds is 18. The predicted molar refractivity (Wildman–Crippen MR) is 197 cm³/mol. The fourth-order valence-corrected chi connectivity index (χ4v) is 7.36. The second-order valence-electron chi connectivity index (χ2n) is 14.6. The lowest BCUT2D eigenvalue weighted by molar-refractivity contribution is -0.162. The largest absolute Gasteiger partial charge is 0.490 e. The van der Waals surface area contributed by atoms with E-state index in [9.17, 15) is 25.2 Å². The van der Waals surface area contributed by atoms with Gasteiger partial charge in [0.25, 0.3) is 5.91 Å². The van der Waals surface area contributed by atoms with E-state index in [1.165, 1.54) is 0 Å². The monoisotopic (exact) mass is 737 g/mol. The summed E-state index contributed by atoms with van der Waals surface area (Å²) < 4.78 is 11.8. The number of aliphatic hydroxyl groups is 5. The Bertz CT molecular complexity index is 1650. The van der Waals surface area contributed by atoms with Crippen molar-refractivity contribution in [3.8, 4) is 16.9 Å². The van der Waals surface area contributed by atoms with Gasteiger partial charge in [0.05, 0.1) is 12.7 Å². The Morgan fingerprint density at radius 3 is 2.50 bits per heavy atom. The Labute approximate surface area is 310 Å². The lowest BCUT2D eigenvalue weighted by Crippen LogP contribution is -2.55. The van der Waals surface area contributed by atoms with E-state index in [1.54, 1.807) is 4.90 Å². The zero-order chi connectivity index (χ0) is 36.8. The molecule has 0 spiro atoms. The van der Waals surface area contributed by atoms with E-state index in [0.29, 0.717) is 56.7 Å². The molecule has 1 aliphatic heterocycles. The molecule has 6 rings (SSSR count). The van der Waals surface area contributed by atoms with Crippen LogP contribution >= 0.6 is 11.6 Å². The van der Waals surface area contributed by atoms with E-state index in [0.717, 1.165) is 65.7 Å². The first-order valence-electron chi connectivity index (χ1n) is 18.6. The minimum Gasteiger partial charge on any atom is -0.490 e. The van der Waals surface area contributed by atoms with E-state index in [1.807, 2.05) is 42.7 Å². The summed E-state index contributed by atoms with van der Waals surface area (Å²) in [5.74, 6) is 0.326. The maximum atomic E-state index is 13.4. The van der Waals surface area contributed by atoms with Crippen LogP contribution in [0.3, 0.4) is 0 Å². The number of aliphatic hydroxyl groups excluding tert-OH is 5. The number of amides is 1. The standard InChI is InChI=1S/C40H52ClN3O8/c1-25(5-4-18-44(28-13-19-51-20-14-28)39(50)38(49)37(48)36(47)34(46)24-45)26-8-11-33(41)27(21-26)22-43-40(15-16-40)32-23-42-17-12-30(32)31-6-2-3-7-35(31)52-29-9-10-29/h2-3,6-8,11-12,17,21,23,25,28-29,34,36-38,43,45-49H,4-5,9-10,13-16,18-20,22,24H2,1H3. The van der Waals surface area contributed by atoms with Gasteiger partial charge in [0.1, 0.15) is 24.1 Å². The number of aromatic nitrogens is 1. The molecule has 0 radical (unpaired) electrons. The van der Waals surface area contributed by atoms with Crippen molar-refractivity contribution in [3.05, 3.63) is 82.6 Å². The van der Waals surface area contributed by atoms with Gasteiger partial charge in [-0.15, -0.1) is 0 Å². The van der Waals surface area contributed by atoms with Gasteiger partial charge in [-0.3, -0.25) is 9.78 Å². The Kier molecular flexibility index (Phi) is 12.9. The summed E-state index contributed by atoms with van der Waals surface area (Å²) >= 11 is 6.76. The molecule has 1 saturated heterocycles. The number of pyridine rings is 1. The summed E-state index contributed by atoms with van der Waals surface area (Å²) in [4.78, 5) is 19.5. The fraction of sp³-hybridized carbons (Fsp3) is 0.550. The number of carbonyl (C=O) groups excluding carboxylic acids is 1. The van der Waals surface area contributed by atoms with Gasteiger partial charge in [-0.1, -0.05) is 48.9 Å². The van der Waals surface area contributed by atoms with Crippen molar-refractivity contribution < 1.29 is 39.8 Å². The molecular weight excluding hydrogens is 686 g/mol. The van der Waals surface area contributed by atoms with Crippen LogP contribution in [0.2, 0.25) is 5.02 Å². The maximum absolute atomic E-state index is 13.4. The first-order chi connectivity index (χ1) is 25.1. The molecule has 1 aromatic heterocycles. The summed E-state index contributed by atoms with van der Waals surface area (Å²) in [6.07, 6.45) is 3.34. The van der Waals surface area contributed by atoms with Crippen LogP contribution in [0.4, 0.5) is 0 Å². The SMILES string of the molecule is CC(CCCN(C(=O)C(O)C(O)C(O)C(O)CO)C1CCOCC1)c1ccc(Cl)c(CNC2(c3cnccc3-c3ccccc3OC3CC3)CC2)c1. The maximum Gasteiger partial charge on any atom is 0.254 e. The number of halogens is 1. The van der Waals surface area contributed by atoms with Gasteiger partial charge in [0.2, 0.25) is 0 Å². The Morgan fingerprint density at radius 1 is 1.04 bits per heavy atom. The molecule has 6 N–H and O–H groups in total. The van der Waals surface area contributed by atoms with Crippen molar-refractivity contribution >= 4 is 17.5 Å². The lowest BCUT2D eigenvalue weighted by Gasteiger charge is -2.37. The molecule has 3 aromatic rings. The number of benzene rings is 2. The lowest BCUT2D eigenvalue weighted by atomic mass is 9.93. The van der Waals surface area contributed by atoms with E-state index in [2.05, 4.69) is 35.4 Å². The molecule has 2 aliphatic carbocycles. The summed E-state index contributed by atoms with van der Waals surface area (Å²) in [6.45, 7) is 3.18. The van der Waals surface area contributed by atoms with E-state index < -0.39 is 36.9 Å². The van der Waals surface area contributed by atoms with E-state index in [-0.39, 0.29) is 17.5 Å². The van der Waals surface area contributed by atoms with Crippen molar-refractivity contribution in [2.24, 2.45) is 0 Å². The smallest absolute Gasteiger partial charge is 0.254 e. The number of ether oxygens (including phenoxy) is 2. The number of carbonyl (C=O) groups is 1. The van der Waals surface area contributed by atoms with Crippen LogP contribution in [0.15, 0.2) is 60.9 Å². The highest BCUT2D eigenvalue weighted by atomic mass is 35.5. The van der Waals surface area contributed by atoms with Crippen LogP contribution in [0.25, 0.3) is 11.1 Å². The molecule has 5 atom stereocenters. The molecule has 3 fully saturated rings. The molecule has 282 valence electrons. The molecular formula is C40H52ClN3O8. The Hall–Kier alpha value is -3.13. The first kappa shape index (κ1) is 38.6. The molecule has 2 aromatic carbocycles. The average molecular weight is 738 g/mol. The van der Waals surface area contributed by atoms with Gasteiger partial charge < -0.3 is 45.2 Å². The van der Waals surface area contributed by atoms with Gasteiger partial charge in [0.15, 0.2) is 6.10 Å². The average Bonchev–Trinajstić information content (AvgIpc) is 4.13. The van der Waals surface area contributed by atoms with Crippen molar-refractivity contribution in [1.29, 1.82) is 0 Å². The number of nitrogens with one attached hydrogen (secondary N) is 1. The molecule has 11 nitrogen and oxygen atoms in total. The number of hydrogen-bond donors (Lipinski definition) is 6. The highest BCUT2D eigenvalue weighted by Crippen LogP contribution is 2.50. The van der Waals surface area contributed by atoms with Crippen molar-refractivity contribution in [1.82, 2.24) is 15.2 Å². The highest BCUT2D eigenvalue weighted by molar-refractivity contribution is 6.31. The van der Waals surface area contributed by atoms with Crippen LogP contribution in [-0.2, 0) is 21.6 Å². The topological polar surface area (TPSA) is 165 Å². The van der Waals surface area contributed by atoms with Crippen molar-refractivity contribution in [2.45, 2.75) is 113 Å². The van der Waals surface area contributed by atoms with E-state index in [4.69, 9.17) is 26.2 Å². The van der Waals surface area contributed by atoms with E-state index >= 15 is 0 Å². The van der Waals surface area contributed by atoms with Crippen LogP contribution in [0, 0.1) is 0 Å². The number of para-hydroxylation sites is 1. The normalized spacial score (nSPS) is 20.1. The second kappa shape index (κ2) is 17.3. The molecule has 0 bridgehead atoms. The van der Waals surface area contributed by atoms with Crippen LogP contribution in [0.5, 0.6) is 5.75 Å². The third-order valence-electron chi connectivity index (χ3n) is 10.8. The molecule has 2 saturated carbocycles. The summed E-state index contributed by atoms with van der Waals surface area (Å²) in [5, 5.41) is 54.6. The van der Waals surface area contributed by atoms with Gasteiger partial charge in [-0.25, -0.2) is 0 Å². The molecule has 12 heteroatoms. The van der Waals surface area contributed by atoms with Gasteiger partial charge >= 0.3 is 0 Å². The van der Waals surface area contributed by atoms with Crippen LogP contribution in [0.1, 0.15) is 80.9 Å². The third-order valence-corrected chi connectivity index (χ3v) is 11.2. The molecule has 3 aliphatic rings. The number of nitrogens with zero attached hydrogens (tertiary/aromatic N) is 2. The quantitative estimate of drug-likeness (QED) is 0.112. The van der Waals surface area contributed by atoms with Gasteiger partial charge in [-0.2, -0.15) is 0 Å². The molecule has 2 heterocycles. The minimum atomic E-state index is -1.95. The third kappa shape index (κ3) is 9.14. The zero-order valence-electron chi connectivity index (χ0n) is 29.7. The van der Waals surface area contributed by atoms with Crippen molar-refractivity contribution in [2.75, 3.05) is 26.4 Å². The van der Waals surface area contributed by atoms with Crippen molar-refractivity contribution in [3.63, 3.8) is 0 Å². The fourth-order valence-electron chi connectivity index (χ4n) is 7.18. The Balaban J connectivity index is 1.10. The summed E-state index contributed by atoms with van der Waals surface area (Å²) in [7, 11) is 0. The molecule has 52 heavy (non-hydrogen) atoms. The first-order valence-corrected chi connectivity index (χ1v) is 18.9. The summed E-state index contributed by atoms with van der Waals surface area (Å²) in [6, 6.07) is 16.2. The van der Waals surface area contributed by atoms with Crippen LogP contribution in [-0.4, -0.2) is 104 Å². The second-order valence-corrected chi connectivity index (χ2v) is 15.0. The van der Waals surface area contributed by atoms with Gasteiger partial charge in [-0.05, 0) is 97.7 Å². The predicted octanol–water partition coefficient (Wildman–Crippen LogP) is 4.05. The van der Waals surface area contributed by atoms with Crippen LogP contribution < -0.4 is 10.1 Å². The van der Waals surface area contributed by atoms with Gasteiger partial charge in [0, 0.05) is 60.9 Å². The highest BCUT2D eigenvalue weighted by Gasteiger charge is 2.46. The molecule has 1 amide bonds.